The maximum Gasteiger partial charge on any atom is 0.260 e. The highest BCUT2D eigenvalue weighted by Crippen LogP contribution is 2.23. The van der Waals surface area contributed by atoms with Crippen LogP contribution in [0.25, 0.3) is 11.3 Å². The van der Waals surface area contributed by atoms with E-state index in [1.165, 1.54) is 12.1 Å². The number of amides is 1. The van der Waals surface area contributed by atoms with Crippen LogP contribution in [0, 0.1) is 5.82 Å². The Morgan fingerprint density at radius 1 is 1.00 bits per heavy atom. The minimum atomic E-state index is -0.476. The van der Waals surface area contributed by atoms with Crippen LogP contribution in [0.15, 0.2) is 60.7 Å². The lowest BCUT2D eigenvalue weighted by Crippen LogP contribution is -2.50. The molecule has 0 radical (unpaired) electrons. The van der Waals surface area contributed by atoms with E-state index < -0.39 is 5.82 Å². The number of ether oxygens (including phenoxy) is 2. The number of benzene rings is 2. The number of carbonyl (C=O) groups excluding carboxylic acids is 1. The summed E-state index contributed by atoms with van der Waals surface area (Å²) in [4.78, 5) is 16.2. The number of para-hydroxylation sites is 1. The van der Waals surface area contributed by atoms with Gasteiger partial charge in [-0.1, -0.05) is 24.3 Å². The van der Waals surface area contributed by atoms with Gasteiger partial charge in [-0.3, -0.25) is 4.79 Å². The number of anilines is 1. The van der Waals surface area contributed by atoms with E-state index in [4.69, 9.17) is 9.47 Å². The quantitative estimate of drug-likeness (QED) is 0.608. The molecule has 0 unspecified atom stereocenters. The number of nitrogens with zero attached hydrogens (tertiary/aromatic N) is 4. The van der Waals surface area contributed by atoms with Crippen molar-refractivity contribution >= 4 is 11.7 Å². The van der Waals surface area contributed by atoms with Crippen molar-refractivity contribution in [3.05, 3.63) is 66.5 Å². The highest BCUT2D eigenvalue weighted by atomic mass is 19.1. The summed E-state index contributed by atoms with van der Waals surface area (Å²) in [7, 11) is 1.63. The third-order valence-electron chi connectivity index (χ3n) is 5.16. The second-order valence-electron chi connectivity index (χ2n) is 7.10. The number of hydrogen-bond acceptors (Lipinski definition) is 6. The first-order valence-electron chi connectivity index (χ1n) is 10.0. The third kappa shape index (κ3) is 4.91. The number of halogens is 1. The molecule has 0 saturated carbocycles. The highest BCUT2D eigenvalue weighted by molar-refractivity contribution is 5.78. The molecule has 160 valence electrons. The Hall–Kier alpha value is -3.68. The van der Waals surface area contributed by atoms with E-state index in [0.717, 1.165) is 22.8 Å². The first-order valence-corrected chi connectivity index (χ1v) is 10.0. The summed E-state index contributed by atoms with van der Waals surface area (Å²) in [5.41, 5.74) is 1.70. The van der Waals surface area contributed by atoms with Gasteiger partial charge in [0.15, 0.2) is 24.0 Å². The molecule has 1 aromatic heterocycles. The SMILES string of the molecule is COc1cccc(-c2ccc(N3CCN(C(=O)COc4ccccc4F)CC3)nn2)c1. The maximum atomic E-state index is 13.6. The van der Waals surface area contributed by atoms with E-state index in [2.05, 4.69) is 15.1 Å². The molecule has 8 heteroatoms. The molecular formula is C23H23FN4O3. The van der Waals surface area contributed by atoms with Crippen molar-refractivity contribution < 1.29 is 18.7 Å². The van der Waals surface area contributed by atoms with Gasteiger partial charge in [-0.15, -0.1) is 10.2 Å². The monoisotopic (exact) mass is 422 g/mol. The van der Waals surface area contributed by atoms with Gasteiger partial charge in [0.05, 0.1) is 12.8 Å². The van der Waals surface area contributed by atoms with Crippen molar-refractivity contribution in [2.24, 2.45) is 0 Å². The molecule has 0 bridgehead atoms. The molecule has 4 rings (SSSR count). The second-order valence-corrected chi connectivity index (χ2v) is 7.10. The van der Waals surface area contributed by atoms with Gasteiger partial charge in [-0.25, -0.2) is 4.39 Å². The minimum Gasteiger partial charge on any atom is -0.497 e. The van der Waals surface area contributed by atoms with Crippen LogP contribution in [0.2, 0.25) is 0 Å². The topological polar surface area (TPSA) is 67.8 Å². The zero-order chi connectivity index (χ0) is 21.6. The van der Waals surface area contributed by atoms with E-state index in [0.29, 0.717) is 26.2 Å². The van der Waals surface area contributed by atoms with E-state index in [1.54, 1.807) is 24.1 Å². The summed E-state index contributed by atoms with van der Waals surface area (Å²) < 4.78 is 24.2. The van der Waals surface area contributed by atoms with Gasteiger partial charge in [0.1, 0.15) is 5.75 Å². The molecule has 0 atom stereocenters. The number of methoxy groups -OCH3 is 1. The van der Waals surface area contributed by atoms with Gasteiger partial charge in [-0.05, 0) is 36.4 Å². The van der Waals surface area contributed by atoms with Crippen molar-refractivity contribution in [3.63, 3.8) is 0 Å². The fraction of sp³-hybridized carbons (Fsp3) is 0.261. The third-order valence-corrected chi connectivity index (χ3v) is 5.16. The molecule has 0 spiro atoms. The highest BCUT2D eigenvalue weighted by Gasteiger charge is 2.22. The van der Waals surface area contributed by atoms with Crippen LogP contribution in [0.3, 0.4) is 0 Å². The van der Waals surface area contributed by atoms with Crippen LogP contribution in [-0.2, 0) is 4.79 Å². The summed E-state index contributed by atoms with van der Waals surface area (Å²) in [5.74, 6) is 0.976. The summed E-state index contributed by atoms with van der Waals surface area (Å²) >= 11 is 0. The van der Waals surface area contributed by atoms with Crippen LogP contribution >= 0.6 is 0 Å². The van der Waals surface area contributed by atoms with Crippen LogP contribution in [0.1, 0.15) is 0 Å². The summed E-state index contributed by atoms with van der Waals surface area (Å²) in [5, 5.41) is 8.70. The summed E-state index contributed by atoms with van der Waals surface area (Å²) in [6.07, 6.45) is 0. The number of aromatic nitrogens is 2. The lowest BCUT2D eigenvalue weighted by molar-refractivity contribution is -0.133. The lowest BCUT2D eigenvalue weighted by atomic mass is 10.1. The molecule has 1 amide bonds. The van der Waals surface area contributed by atoms with Crippen molar-refractivity contribution in [2.45, 2.75) is 0 Å². The first kappa shape index (κ1) is 20.6. The Balaban J connectivity index is 1.31. The van der Waals surface area contributed by atoms with E-state index in [9.17, 15) is 9.18 Å². The minimum absolute atomic E-state index is 0.0842. The average molecular weight is 422 g/mol. The van der Waals surface area contributed by atoms with E-state index >= 15 is 0 Å². The van der Waals surface area contributed by atoms with Crippen molar-refractivity contribution in [1.82, 2.24) is 15.1 Å². The molecule has 3 aromatic rings. The molecule has 1 aliphatic heterocycles. The predicted molar refractivity (Wildman–Crippen MR) is 115 cm³/mol. The van der Waals surface area contributed by atoms with Crippen molar-refractivity contribution in [2.75, 3.05) is 44.8 Å². The maximum absolute atomic E-state index is 13.6. The summed E-state index contributed by atoms with van der Waals surface area (Å²) in [6, 6.07) is 17.6. The molecule has 31 heavy (non-hydrogen) atoms. The Bertz CT molecular complexity index is 1040. The molecule has 2 heterocycles. The van der Waals surface area contributed by atoms with Gasteiger partial charge in [-0.2, -0.15) is 0 Å². The van der Waals surface area contributed by atoms with Crippen molar-refractivity contribution in [1.29, 1.82) is 0 Å². The Kier molecular flexibility index (Phi) is 6.26. The van der Waals surface area contributed by atoms with Crippen LogP contribution in [-0.4, -0.2) is 60.9 Å². The zero-order valence-electron chi connectivity index (χ0n) is 17.2. The molecule has 1 aliphatic rings. The number of rotatable bonds is 6. The van der Waals surface area contributed by atoms with Crippen molar-refractivity contribution in [3.8, 4) is 22.8 Å². The second kappa shape index (κ2) is 9.42. The van der Waals surface area contributed by atoms with Crippen LogP contribution in [0.4, 0.5) is 10.2 Å². The molecule has 0 aliphatic carbocycles. The van der Waals surface area contributed by atoms with Crippen LogP contribution in [0.5, 0.6) is 11.5 Å². The van der Waals surface area contributed by atoms with Gasteiger partial charge < -0.3 is 19.3 Å². The normalized spacial score (nSPS) is 13.7. The zero-order valence-corrected chi connectivity index (χ0v) is 17.2. The summed E-state index contributed by atoms with van der Waals surface area (Å²) in [6.45, 7) is 2.17. The lowest BCUT2D eigenvalue weighted by Gasteiger charge is -2.35. The molecule has 7 nitrogen and oxygen atoms in total. The predicted octanol–water partition coefficient (Wildman–Crippen LogP) is 3.02. The number of hydrogen-bond donors (Lipinski definition) is 0. The number of carbonyl (C=O) groups is 1. The van der Waals surface area contributed by atoms with Gasteiger partial charge in [0, 0.05) is 31.7 Å². The first-order chi connectivity index (χ1) is 15.1. The fourth-order valence-electron chi connectivity index (χ4n) is 3.41. The molecule has 0 N–H and O–H groups in total. The Morgan fingerprint density at radius 2 is 1.81 bits per heavy atom. The molecule has 1 saturated heterocycles. The Labute approximate surface area is 180 Å². The number of piperazine rings is 1. The smallest absolute Gasteiger partial charge is 0.260 e. The Morgan fingerprint density at radius 3 is 2.52 bits per heavy atom. The fourth-order valence-corrected chi connectivity index (χ4v) is 3.41. The van der Waals surface area contributed by atoms with Gasteiger partial charge in [0.25, 0.3) is 5.91 Å². The largest absolute Gasteiger partial charge is 0.497 e. The van der Waals surface area contributed by atoms with E-state index in [-0.39, 0.29) is 18.3 Å². The average Bonchev–Trinajstić information content (AvgIpc) is 2.83. The molecule has 1 fully saturated rings. The van der Waals surface area contributed by atoms with Gasteiger partial charge >= 0.3 is 0 Å². The standard InChI is InChI=1S/C23H23FN4O3/c1-30-18-6-4-5-17(15-18)20-9-10-22(26-25-20)27-11-13-28(14-12-27)23(29)16-31-21-8-3-2-7-19(21)24/h2-10,15H,11-14,16H2,1H3. The van der Waals surface area contributed by atoms with Gasteiger partial charge in [0.2, 0.25) is 0 Å². The molecule has 2 aromatic carbocycles. The molecular weight excluding hydrogens is 399 g/mol. The van der Waals surface area contributed by atoms with E-state index in [1.807, 2.05) is 36.4 Å². The van der Waals surface area contributed by atoms with Crippen LogP contribution < -0.4 is 14.4 Å².